The summed E-state index contributed by atoms with van der Waals surface area (Å²) in [5.74, 6) is -0.485. The molecule has 1 saturated heterocycles. The molecule has 0 bridgehead atoms. The number of carbonyl (C=O) groups is 2. The third-order valence-electron chi connectivity index (χ3n) is 6.70. The molecule has 6 nitrogen and oxygen atoms in total. The summed E-state index contributed by atoms with van der Waals surface area (Å²) < 4.78 is 5.47. The maximum absolute atomic E-state index is 13.3. The van der Waals surface area contributed by atoms with Gasteiger partial charge in [0.05, 0.1) is 18.7 Å². The highest BCUT2D eigenvalue weighted by molar-refractivity contribution is 6.46. The van der Waals surface area contributed by atoms with E-state index < -0.39 is 17.7 Å². The molecule has 3 rings (SSSR count). The van der Waals surface area contributed by atoms with Crippen LogP contribution in [-0.4, -0.2) is 59.9 Å². The highest BCUT2D eigenvalue weighted by atomic mass is 16.5. The molecule has 0 radical (unpaired) electrons. The van der Waals surface area contributed by atoms with Gasteiger partial charge < -0.3 is 19.6 Å². The Hall–Kier alpha value is -3.12. The molecule has 2 aromatic carbocycles. The minimum atomic E-state index is -0.646. The van der Waals surface area contributed by atoms with Gasteiger partial charge in [0.2, 0.25) is 0 Å². The molecule has 1 atom stereocenters. The predicted octanol–water partition coefficient (Wildman–Crippen LogP) is 4.89. The van der Waals surface area contributed by atoms with Crippen LogP contribution in [0.2, 0.25) is 0 Å². The van der Waals surface area contributed by atoms with E-state index in [1.165, 1.54) is 0 Å². The molecule has 0 saturated carbocycles. The Morgan fingerprint density at radius 2 is 1.79 bits per heavy atom. The molecule has 0 aromatic heterocycles. The van der Waals surface area contributed by atoms with Crippen molar-refractivity contribution < 1.29 is 19.4 Å². The second-order valence-corrected chi connectivity index (χ2v) is 8.99. The van der Waals surface area contributed by atoms with Gasteiger partial charge >= 0.3 is 0 Å². The molecule has 0 spiro atoms. The van der Waals surface area contributed by atoms with Crippen molar-refractivity contribution in [3.63, 3.8) is 0 Å². The van der Waals surface area contributed by atoms with E-state index in [9.17, 15) is 14.7 Å². The summed E-state index contributed by atoms with van der Waals surface area (Å²) in [5.41, 5.74) is 3.38. The van der Waals surface area contributed by atoms with Crippen LogP contribution in [0.3, 0.4) is 0 Å². The summed E-state index contributed by atoms with van der Waals surface area (Å²) in [6.45, 7) is 13.0. The Morgan fingerprint density at radius 3 is 2.38 bits per heavy atom. The quantitative estimate of drug-likeness (QED) is 0.325. The zero-order valence-electron chi connectivity index (χ0n) is 21.1. The number of ketones is 1. The molecule has 1 aliphatic rings. The Labute approximate surface area is 202 Å². The van der Waals surface area contributed by atoms with E-state index in [2.05, 4.69) is 18.7 Å². The maximum Gasteiger partial charge on any atom is 0.295 e. The monoisotopic (exact) mass is 464 g/mol. The lowest BCUT2D eigenvalue weighted by Gasteiger charge is -2.29. The first-order valence-corrected chi connectivity index (χ1v) is 12.0. The number of carbonyl (C=O) groups excluding carboxylic acids is 2. The average molecular weight is 465 g/mol. The summed E-state index contributed by atoms with van der Waals surface area (Å²) in [6, 6.07) is 12.5. The topological polar surface area (TPSA) is 70.1 Å². The van der Waals surface area contributed by atoms with E-state index in [-0.39, 0.29) is 17.3 Å². The number of Topliss-reactive ketones (excluding diaryl/α,β-unsaturated/α-hetero) is 1. The largest absolute Gasteiger partial charge is 0.507 e. The van der Waals surface area contributed by atoms with Crippen LogP contribution in [0, 0.1) is 6.92 Å². The van der Waals surface area contributed by atoms with Crippen molar-refractivity contribution in [2.24, 2.45) is 0 Å². The molecule has 1 heterocycles. The normalized spacial score (nSPS) is 17.8. The van der Waals surface area contributed by atoms with Crippen molar-refractivity contribution in [2.45, 2.75) is 46.6 Å². The number of ether oxygens (including phenoxy) is 1. The van der Waals surface area contributed by atoms with Gasteiger partial charge in [0, 0.05) is 18.7 Å². The maximum atomic E-state index is 13.3. The number of methoxy groups -OCH3 is 1. The van der Waals surface area contributed by atoms with Crippen molar-refractivity contribution in [1.82, 2.24) is 9.80 Å². The van der Waals surface area contributed by atoms with E-state index in [0.29, 0.717) is 18.7 Å². The summed E-state index contributed by atoms with van der Waals surface area (Å²) >= 11 is 0. The predicted molar refractivity (Wildman–Crippen MR) is 135 cm³/mol. The van der Waals surface area contributed by atoms with E-state index >= 15 is 0 Å². The van der Waals surface area contributed by atoms with Crippen LogP contribution in [0.25, 0.3) is 5.76 Å². The van der Waals surface area contributed by atoms with Crippen LogP contribution in [0.1, 0.15) is 61.9 Å². The van der Waals surface area contributed by atoms with Gasteiger partial charge in [-0.2, -0.15) is 0 Å². The van der Waals surface area contributed by atoms with Crippen molar-refractivity contribution in [3.8, 4) is 5.75 Å². The summed E-state index contributed by atoms with van der Waals surface area (Å²) in [6.07, 6.45) is 0. The van der Waals surface area contributed by atoms with Crippen LogP contribution in [-0.2, 0) is 9.59 Å². The van der Waals surface area contributed by atoms with E-state index in [1.807, 2.05) is 51.1 Å². The number of rotatable bonds is 9. The standard InChI is InChI=1S/C28H36N2O4/c1-7-29(8-2)15-16-30-25(21-12-10-9-11-19(21)5)24(27(32)28(30)33)26(31)20-13-14-23(34-6)22(17-20)18(3)4/h9-14,17-18,25,31H,7-8,15-16H2,1-6H3/b26-24+. The molecule has 6 heteroatoms. The van der Waals surface area contributed by atoms with Gasteiger partial charge in [0.15, 0.2) is 0 Å². The molecule has 34 heavy (non-hydrogen) atoms. The summed E-state index contributed by atoms with van der Waals surface area (Å²) in [4.78, 5) is 30.3. The molecule has 1 N–H and O–H groups in total. The molecule has 1 fully saturated rings. The van der Waals surface area contributed by atoms with Crippen molar-refractivity contribution in [2.75, 3.05) is 33.3 Å². The number of nitrogens with zero attached hydrogens (tertiary/aromatic N) is 2. The first kappa shape index (κ1) is 25.5. The summed E-state index contributed by atoms with van der Waals surface area (Å²) in [5, 5.41) is 11.4. The lowest BCUT2D eigenvalue weighted by molar-refractivity contribution is -0.140. The molecule has 1 aliphatic heterocycles. The fourth-order valence-electron chi connectivity index (χ4n) is 4.60. The molecule has 1 unspecified atom stereocenters. The Balaban J connectivity index is 2.16. The first-order chi connectivity index (χ1) is 16.2. The lowest BCUT2D eigenvalue weighted by Crippen LogP contribution is -2.38. The van der Waals surface area contributed by atoms with E-state index in [0.717, 1.165) is 35.5 Å². The number of amides is 1. The van der Waals surface area contributed by atoms with Gasteiger partial charge in [-0.05, 0) is 60.8 Å². The average Bonchev–Trinajstić information content (AvgIpc) is 3.08. The fourth-order valence-corrected chi connectivity index (χ4v) is 4.60. The number of likely N-dealkylation sites (N-methyl/N-ethyl adjacent to an activating group) is 1. The highest BCUT2D eigenvalue weighted by Gasteiger charge is 2.46. The highest BCUT2D eigenvalue weighted by Crippen LogP contribution is 2.41. The SMILES string of the molecule is CCN(CC)CCN1C(=O)C(=O)/C(=C(/O)c2ccc(OC)c(C(C)C)c2)C1c1ccccc1C. The van der Waals surface area contributed by atoms with Gasteiger partial charge in [-0.25, -0.2) is 0 Å². The van der Waals surface area contributed by atoms with Crippen molar-refractivity contribution >= 4 is 17.4 Å². The molecule has 2 aromatic rings. The van der Waals surface area contributed by atoms with Crippen molar-refractivity contribution in [1.29, 1.82) is 0 Å². The van der Waals surface area contributed by atoms with Crippen LogP contribution in [0.4, 0.5) is 0 Å². The minimum Gasteiger partial charge on any atom is -0.507 e. The molecule has 1 amide bonds. The third-order valence-corrected chi connectivity index (χ3v) is 6.70. The molecule has 0 aliphatic carbocycles. The Kier molecular flexibility index (Phi) is 8.15. The van der Waals surface area contributed by atoms with Gasteiger partial charge in [-0.3, -0.25) is 9.59 Å². The van der Waals surface area contributed by atoms with Crippen molar-refractivity contribution in [3.05, 3.63) is 70.3 Å². The second kappa shape index (κ2) is 10.9. The zero-order chi connectivity index (χ0) is 25.0. The van der Waals surface area contributed by atoms with E-state index in [1.54, 1.807) is 24.1 Å². The Morgan fingerprint density at radius 1 is 1.12 bits per heavy atom. The number of aliphatic hydroxyl groups is 1. The van der Waals surface area contributed by atoms with E-state index in [4.69, 9.17) is 4.74 Å². The van der Waals surface area contributed by atoms with Crippen LogP contribution in [0.5, 0.6) is 5.75 Å². The lowest BCUT2D eigenvalue weighted by atomic mass is 9.91. The van der Waals surface area contributed by atoms with Gasteiger partial charge in [-0.15, -0.1) is 0 Å². The molecular weight excluding hydrogens is 428 g/mol. The zero-order valence-corrected chi connectivity index (χ0v) is 21.1. The van der Waals surface area contributed by atoms with Crippen LogP contribution in [0.15, 0.2) is 48.0 Å². The molecule has 182 valence electrons. The Bertz CT molecular complexity index is 1090. The molecular formula is C28H36N2O4. The minimum absolute atomic E-state index is 0.138. The number of hydrogen-bond donors (Lipinski definition) is 1. The van der Waals surface area contributed by atoms with Gasteiger partial charge in [0.1, 0.15) is 11.5 Å². The van der Waals surface area contributed by atoms with Crippen LogP contribution < -0.4 is 4.74 Å². The van der Waals surface area contributed by atoms with Gasteiger partial charge in [0.25, 0.3) is 11.7 Å². The number of aliphatic hydroxyl groups excluding tert-OH is 1. The third kappa shape index (κ3) is 4.87. The van der Waals surface area contributed by atoms with Crippen LogP contribution >= 0.6 is 0 Å². The fraction of sp³-hybridized carbons (Fsp3) is 0.429. The number of hydrogen-bond acceptors (Lipinski definition) is 5. The van der Waals surface area contributed by atoms with Gasteiger partial charge in [-0.1, -0.05) is 52.0 Å². The summed E-state index contributed by atoms with van der Waals surface area (Å²) in [7, 11) is 1.61. The smallest absolute Gasteiger partial charge is 0.295 e. The second-order valence-electron chi connectivity index (χ2n) is 8.99. The number of benzene rings is 2. The number of likely N-dealkylation sites (tertiary alicyclic amines) is 1. The number of aryl methyl sites for hydroxylation is 1. The first-order valence-electron chi connectivity index (χ1n) is 12.0.